The van der Waals surface area contributed by atoms with Gasteiger partial charge in [-0.1, -0.05) is 26.8 Å². The van der Waals surface area contributed by atoms with E-state index in [1.54, 1.807) is 14.2 Å². The van der Waals surface area contributed by atoms with Crippen LogP contribution in [0.3, 0.4) is 0 Å². The molecule has 0 amide bonds. The second-order valence-electron chi connectivity index (χ2n) is 5.12. The first kappa shape index (κ1) is 13.7. The molecule has 0 aliphatic rings. The van der Waals surface area contributed by atoms with E-state index in [1.165, 1.54) is 0 Å². The molecule has 1 rings (SSSR count). The number of benzene rings is 1. The highest BCUT2D eigenvalue weighted by atomic mass is 16.5. The maximum Gasteiger partial charge on any atom is 0.180 e. The number of carbonyl (C=O) groups excluding carboxylic acids is 1. The van der Waals surface area contributed by atoms with Gasteiger partial charge in [0.05, 0.1) is 19.2 Å². The van der Waals surface area contributed by atoms with Crippen LogP contribution in [0.1, 0.15) is 36.7 Å². The fourth-order valence-corrected chi connectivity index (χ4v) is 1.65. The van der Waals surface area contributed by atoms with Gasteiger partial charge in [-0.2, -0.15) is 0 Å². The average Bonchev–Trinajstić information content (AvgIpc) is 2.27. The minimum atomic E-state index is 0.0287. The van der Waals surface area contributed by atoms with Crippen molar-refractivity contribution in [3.8, 4) is 5.75 Å². The van der Waals surface area contributed by atoms with Crippen molar-refractivity contribution in [2.75, 3.05) is 20.7 Å². The summed E-state index contributed by atoms with van der Waals surface area (Å²) in [5.41, 5.74) is 1.81. The van der Waals surface area contributed by atoms with Gasteiger partial charge >= 0.3 is 0 Å². The van der Waals surface area contributed by atoms with E-state index in [0.29, 0.717) is 17.9 Å². The van der Waals surface area contributed by atoms with Crippen LogP contribution in [-0.2, 0) is 5.41 Å². The third kappa shape index (κ3) is 3.30. The normalized spacial score (nSPS) is 11.4. The molecule has 0 saturated carbocycles. The Balaban J connectivity index is 3.20. The SMILES string of the molecule is CNCC(=O)c1cc(C(C)(C)C)ccc1OC. The molecule has 17 heavy (non-hydrogen) atoms. The lowest BCUT2D eigenvalue weighted by Crippen LogP contribution is -2.20. The molecule has 3 heteroatoms. The molecule has 0 heterocycles. The molecule has 0 radical (unpaired) electrons. The van der Waals surface area contributed by atoms with Crippen LogP contribution < -0.4 is 10.1 Å². The largest absolute Gasteiger partial charge is 0.496 e. The van der Waals surface area contributed by atoms with Crippen LogP contribution in [0.2, 0.25) is 0 Å². The highest BCUT2D eigenvalue weighted by molar-refractivity contribution is 6.00. The van der Waals surface area contributed by atoms with E-state index in [9.17, 15) is 4.79 Å². The van der Waals surface area contributed by atoms with E-state index in [0.717, 1.165) is 5.56 Å². The Bertz CT molecular complexity index is 405. The third-order valence-electron chi connectivity index (χ3n) is 2.70. The van der Waals surface area contributed by atoms with Gasteiger partial charge in [0.25, 0.3) is 0 Å². The zero-order valence-electron chi connectivity index (χ0n) is 11.3. The number of methoxy groups -OCH3 is 1. The van der Waals surface area contributed by atoms with Gasteiger partial charge in [0.15, 0.2) is 5.78 Å². The number of ketones is 1. The lowest BCUT2D eigenvalue weighted by molar-refractivity contribution is 0.0990. The van der Waals surface area contributed by atoms with Crippen LogP contribution in [0.4, 0.5) is 0 Å². The van der Waals surface area contributed by atoms with E-state index >= 15 is 0 Å². The van der Waals surface area contributed by atoms with Gasteiger partial charge in [0.1, 0.15) is 5.75 Å². The number of hydrogen-bond acceptors (Lipinski definition) is 3. The Labute approximate surface area is 103 Å². The topological polar surface area (TPSA) is 38.3 Å². The number of ether oxygens (including phenoxy) is 1. The Morgan fingerprint density at radius 1 is 1.35 bits per heavy atom. The molecule has 0 saturated heterocycles. The van der Waals surface area contributed by atoms with Crippen LogP contribution >= 0.6 is 0 Å². The second-order valence-corrected chi connectivity index (χ2v) is 5.12. The molecular formula is C14H21NO2. The van der Waals surface area contributed by atoms with Crippen molar-refractivity contribution in [3.63, 3.8) is 0 Å². The minimum Gasteiger partial charge on any atom is -0.496 e. The number of carbonyl (C=O) groups is 1. The van der Waals surface area contributed by atoms with Gasteiger partial charge in [-0.3, -0.25) is 4.79 Å². The predicted molar refractivity (Wildman–Crippen MR) is 70.0 cm³/mol. The molecule has 0 atom stereocenters. The van der Waals surface area contributed by atoms with Gasteiger partial charge in [-0.15, -0.1) is 0 Å². The van der Waals surface area contributed by atoms with Gasteiger partial charge in [-0.05, 0) is 30.2 Å². The zero-order valence-corrected chi connectivity index (χ0v) is 11.3. The Kier molecular flexibility index (Phi) is 4.29. The summed E-state index contributed by atoms with van der Waals surface area (Å²) in [7, 11) is 3.35. The summed E-state index contributed by atoms with van der Waals surface area (Å²) in [6.45, 7) is 6.70. The van der Waals surface area contributed by atoms with Crippen molar-refractivity contribution in [1.29, 1.82) is 0 Å². The summed E-state index contributed by atoms with van der Waals surface area (Å²) in [6, 6.07) is 5.80. The fourth-order valence-electron chi connectivity index (χ4n) is 1.65. The van der Waals surface area contributed by atoms with Gasteiger partial charge in [-0.25, -0.2) is 0 Å². The van der Waals surface area contributed by atoms with Crippen molar-refractivity contribution in [1.82, 2.24) is 5.32 Å². The molecule has 0 fully saturated rings. The van der Waals surface area contributed by atoms with Gasteiger partial charge in [0.2, 0.25) is 0 Å². The Morgan fingerprint density at radius 2 is 2.00 bits per heavy atom. The monoisotopic (exact) mass is 235 g/mol. The first-order valence-electron chi connectivity index (χ1n) is 5.76. The van der Waals surface area contributed by atoms with Gasteiger partial charge in [0, 0.05) is 0 Å². The summed E-state index contributed by atoms with van der Waals surface area (Å²) in [5.74, 6) is 0.689. The molecule has 1 N–H and O–H groups in total. The molecule has 1 aromatic rings. The molecule has 3 nitrogen and oxygen atoms in total. The van der Waals surface area contributed by atoms with Crippen LogP contribution in [0.15, 0.2) is 18.2 Å². The minimum absolute atomic E-state index is 0.0287. The van der Waals surface area contributed by atoms with Crippen molar-refractivity contribution in [2.24, 2.45) is 0 Å². The summed E-state index contributed by atoms with van der Waals surface area (Å²) in [4.78, 5) is 12.0. The molecular weight excluding hydrogens is 214 g/mol. The first-order valence-corrected chi connectivity index (χ1v) is 5.76. The van der Waals surface area contributed by atoms with Crippen LogP contribution in [0.25, 0.3) is 0 Å². The molecule has 0 aliphatic heterocycles. The lowest BCUT2D eigenvalue weighted by atomic mass is 9.85. The maximum atomic E-state index is 12.0. The van der Waals surface area contributed by atoms with Crippen LogP contribution in [0, 0.1) is 0 Å². The van der Waals surface area contributed by atoms with E-state index in [-0.39, 0.29) is 11.2 Å². The van der Waals surface area contributed by atoms with Crippen molar-refractivity contribution < 1.29 is 9.53 Å². The van der Waals surface area contributed by atoms with E-state index in [2.05, 4.69) is 26.1 Å². The number of rotatable bonds is 4. The highest BCUT2D eigenvalue weighted by Gasteiger charge is 2.18. The zero-order chi connectivity index (χ0) is 13.1. The molecule has 0 aliphatic carbocycles. The number of likely N-dealkylation sites (N-methyl/N-ethyl adjacent to an activating group) is 1. The Hall–Kier alpha value is -1.35. The highest BCUT2D eigenvalue weighted by Crippen LogP contribution is 2.28. The maximum absolute atomic E-state index is 12.0. The summed E-state index contributed by atoms with van der Waals surface area (Å²) in [5, 5.41) is 2.87. The van der Waals surface area contributed by atoms with Crippen molar-refractivity contribution in [3.05, 3.63) is 29.3 Å². The standard InChI is InChI=1S/C14H21NO2/c1-14(2,3)10-6-7-13(17-5)11(8-10)12(16)9-15-4/h6-8,15H,9H2,1-5H3. The summed E-state index contributed by atoms with van der Waals surface area (Å²) in [6.07, 6.45) is 0. The smallest absolute Gasteiger partial charge is 0.180 e. The number of nitrogens with one attached hydrogen (secondary N) is 1. The Morgan fingerprint density at radius 3 is 2.47 bits per heavy atom. The predicted octanol–water partition coefficient (Wildman–Crippen LogP) is 2.39. The second kappa shape index (κ2) is 5.32. The third-order valence-corrected chi connectivity index (χ3v) is 2.70. The molecule has 0 spiro atoms. The van der Waals surface area contributed by atoms with Crippen molar-refractivity contribution >= 4 is 5.78 Å². The quantitative estimate of drug-likeness (QED) is 0.814. The van der Waals surface area contributed by atoms with E-state index < -0.39 is 0 Å². The number of Topliss-reactive ketones (excluding diaryl/α,β-unsaturated/α-hetero) is 1. The number of hydrogen-bond donors (Lipinski definition) is 1. The van der Waals surface area contributed by atoms with E-state index in [4.69, 9.17) is 4.74 Å². The molecule has 1 aromatic carbocycles. The lowest BCUT2D eigenvalue weighted by Gasteiger charge is -2.20. The first-order chi connectivity index (χ1) is 7.90. The van der Waals surface area contributed by atoms with E-state index in [1.807, 2.05) is 18.2 Å². The van der Waals surface area contributed by atoms with Crippen molar-refractivity contribution in [2.45, 2.75) is 26.2 Å². The molecule has 0 unspecified atom stereocenters. The van der Waals surface area contributed by atoms with Crippen LogP contribution in [0.5, 0.6) is 5.75 Å². The molecule has 0 bridgehead atoms. The van der Waals surface area contributed by atoms with Crippen LogP contribution in [-0.4, -0.2) is 26.5 Å². The molecule has 94 valence electrons. The molecule has 0 aromatic heterocycles. The average molecular weight is 235 g/mol. The summed E-state index contributed by atoms with van der Waals surface area (Å²) < 4.78 is 5.23. The summed E-state index contributed by atoms with van der Waals surface area (Å²) >= 11 is 0. The fraction of sp³-hybridized carbons (Fsp3) is 0.500. The van der Waals surface area contributed by atoms with Gasteiger partial charge < -0.3 is 10.1 Å².